The largest absolute Gasteiger partial charge is 1.00 e. The third-order valence-electron chi connectivity index (χ3n) is 9.50. The Kier molecular flexibility index (Phi) is 17.2. The van der Waals surface area contributed by atoms with Crippen LogP contribution in [0.25, 0.3) is 33.4 Å². The van der Waals surface area contributed by atoms with Crippen LogP contribution in [0.4, 0.5) is 0 Å². The van der Waals surface area contributed by atoms with Gasteiger partial charge in [0.25, 0.3) is 0 Å². The summed E-state index contributed by atoms with van der Waals surface area (Å²) >= 11 is 1.61. The normalized spacial score (nSPS) is 12.2. The molecule has 2 aliphatic rings. The van der Waals surface area contributed by atoms with Crippen LogP contribution >= 0.6 is 0 Å². The fourth-order valence-electron chi connectivity index (χ4n) is 6.76. The molecule has 3 heteroatoms. The standard InChI is InChI=1S/C33H33.C12H16.C5H5.2ClH.Zr/c1-32(2,3)30-20-26-24(18-28(30)22-13-9-7-10-14-22)17-25-19-29(23-15-11-8-12-16-23)31(21-27(25)26)33(4,5)6;1-2-3-4-6-9-12-10-7-5-8-11-12;1-2-4-5-3-1;;;/h7-16,18,20-21H,17H2,1-6H3;5,7-8,10-11H,2-4,9H2,1H3;1-3H,4H2;2*1H;/q-1;;-1;;;+2/p-2. The predicted octanol–water partition coefficient (Wildman–Crippen LogP) is 7.44. The first kappa shape index (κ1) is 44.3. The molecule has 5 aromatic rings. The summed E-state index contributed by atoms with van der Waals surface area (Å²) in [6.45, 7) is 16.1. The van der Waals surface area contributed by atoms with E-state index in [4.69, 9.17) is 0 Å². The Labute approximate surface area is 348 Å². The SMILES string of the molecule is CC(C)(C)c1cc2c([c-]c1-c1ccccc1)Cc1cc(-c3ccccc3)c(C(C)(C)C)cc1-2.CCCC[C](=[Zr+2])Cc1ccccc1.[C-]1=CC=CC1.[Cl-].[Cl-]. The van der Waals surface area contributed by atoms with Gasteiger partial charge in [-0.15, -0.1) is 35.2 Å². The van der Waals surface area contributed by atoms with Crippen molar-refractivity contribution in [2.24, 2.45) is 0 Å². The molecule has 0 N–H and O–H groups in total. The van der Waals surface area contributed by atoms with Gasteiger partial charge in [0, 0.05) is 0 Å². The van der Waals surface area contributed by atoms with Crippen molar-refractivity contribution < 1.29 is 49.0 Å². The minimum absolute atomic E-state index is 0. The molecule has 0 spiro atoms. The van der Waals surface area contributed by atoms with Gasteiger partial charge in [0.2, 0.25) is 0 Å². The molecular formula is C50H54Cl2Zr-2. The van der Waals surface area contributed by atoms with Gasteiger partial charge in [0.15, 0.2) is 0 Å². The molecule has 53 heavy (non-hydrogen) atoms. The number of allylic oxidation sites excluding steroid dienone is 4. The number of halogens is 2. The summed E-state index contributed by atoms with van der Waals surface area (Å²) in [6.07, 6.45) is 16.1. The maximum absolute atomic E-state index is 3.88. The van der Waals surface area contributed by atoms with E-state index < -0.39 is 0 Å². The molecule has 7 rings (SSSR count). The van der Waals surface area contributed by atoms with Crippen LogP contribution in [0.3, 0.4) is 0 Å². The first-order valence-corrected chi connectivity index (χ1v) is 19.9. The zero-order valence-corrected chi connectivity index (χ0v) is 36.6. The fourth-order valence-corrected chi connectivity index (χ4v) is 7.70. The van der Waals surface area contributed by atoms with E-state index in [-0.39, 0.29) is 35.6 Å². The van der Waals surface area contributed by atoms with Gasteiger partial charge in [-0.3, -0.25) is 6.08 Å². The molecule has 0 radical (unpaired) electrons. The molecule has 0 nitrogen and oxygen atoms in total. The van der Waals surface area contributed by atoms with Gasteiger partial charge in [-0.2, -0.15) is 6.08 Å². The van der Waals surface area contributed by atoms with Gasteiger partial charge < -0.3 is 24.8 Å². The summed E-state index contributed by atoms with van der Waals surface area (Å²) in [6, 6.07) is 43.6. The number of hydrogen-bond donors (Lipinski definition) is 0. The molecule has 0 saturated carbocycles. The summed E-state index contributed by atoms with van der Waals surface area (Å²) < 4.78 is 1.69. The van der Waals surface area contributed by atoms with Crippen LogP contribution in [-0.4, -0.2) is 3.21 Å². The van der Waals surface area contributed by atoms with E-state index >= 15 is 0 Å². The molecule has 0 unspecified atom stereocenters. The second-order valence-corrected chi connectivity index (χ2v) is 17.5. The van der Waals surface area contributed by atoms with Gasteiger partial charge >= 0.3 is 95.9 Å². The molecule has 0 aliphatic heterocycles. The average molecular weight is 817 g/mol. The Morgan fingerprint density at radius 2 is 1.25 bits per heavy atom. The monoisotopic (exact) mass is 814 g/mol. The van der Waals surface area contributed by atoms with Crippen molar-refractivity contribution in [1.29, 1.82) is 0 Å². The molecule has 0 amide bonds. The van der Waals surface area contributed by atoms with Crippen molar-refractivity contribution in [3.8, 4) is 33.4 Å². The van der Waals surface area contributed by atoms with E-state index in [1.165, 1.54) is 86.9 Å². The minimum Gasteiger partial charge on any atom is -1.00 e. The molecule has 0 aromatic heterocycles. The quantitative estimate of drug-likeness (QED) is 0.147. The van der Waals surface area contributed by atoms with E-state index in [1.807, 2.05) is 12.2 Å². The Hall–Kier alpha value is -3.09. The topological polar surface area (TPSA) is 0 Å². The molecule has 5 aromatic carbocycles. The average Bonchev–Trinajstić information content (AvgIpc) is 3.82. The van der Waals surface area contributed by atoms with Crippen LogP contribution in [0.1, 0.15) is 102 Å². The second-order valence-electron chi connectivity index (χ2n) is 15.8. The van der Waals surface area contributed by atoms with Crippen molar-refractivity contribution in [2.45, 2.75) is 97.8 Å². The first-order chi connectivity index (χ1) is 24.5. The van der Waals surface area contributed by atoms with Crippen LogP contribution < -0.4 is 24.8 Å². The fraction of sp³-hybridized carbons (Fsp3) is 0.300. The molecule has 0 fully saturated rings. The summed E-state index contributed by atoms with van der Waals surface area (Å²) in [5.74, 6) is 0. The van der Waals surface area contributed by atoms with Crippen molar-refractivity contribution in [3.05, 3.63) is 167 Å². The summed E-state index contributed by atoms with van der Waals surface area (Å²) in [5.41, 5.74) is 15.0. The van der Waals surface area contributed by atoms with Crippen LogP contribution in [0.2, 0.25) is 0 Å². The van der Waals surface area contributed by atoms with E-state index in [0.29, 0.717) is 0 Å². The van der Waals surface area contributed by atoms with Crippen molar-refractivity contribution in [2.75, 3.05) is 0 Å². The van der Waals surface area contributed by atoms with Crippen LogP contribution in [-0.2, 0) is 47.9 Å². The maximum Gasteiger partial charge on any atom is -0.109 e. The van der Waals surface area contributed by atoms with E-state index in [9.17, 15) is 0 Å². The van der Waals surface area contributed by atoms with Crippen molar-refractivity contribution in [3.63, 3.8) is 0 Å². The first-order valence-electron chi connectivity index (χ1n) is 18.7. The number of fused-ring (bicyclic) bond motifs is 3. The molecule has 2 aliphatic carbocycles. The summed E-state index contributed by atoms with van der Waals surface area (Å²) in [4.78, 5) is 0. The molecule has 0 heterocycles. The Morgan fingerprint density at radius 3 is 1.75 bits per heavy atom. The van der Waals surface area contributed by atoms with Gasteiger partial charge in [-0.1, -0.05) is 131 Å². The van der Waals surface area contributed by atoms with Crippen LogP contribution in [0.5, 0.6) is 0 Å². The Balaban J connectivity index is 0.000000313. The molecule has 0 atom stereocenters. The second kappa shape index (κ2) is 20.6. The van der Waals surface area contributed by atoms with Crippen molar-refractivity contribution in [1.82, 2.24) is 0 Å². The molecule has 0 bridgehead atoms. The van der Waals surface area contributed by atoms with Crippen LogP contribution in [0.15, 0.2) is 127 Å². The molecule has 274 valence electrons. The van der Waals surface area contributed by atoms with E-state index in [2.05, 4.69) is 176 Å². The summed E-state index contributed by atoms with van der Waals surface area (Å²) in [5, 5.41) is 0. The Morgan fingerprint density at radius 1 is 0.679 bits per heavy atom. The van der Waals surface area contributed by atoms with Gasteiger partial charge in [-0.25, -0.2) is 12.2 Å². The van der Waals surface area contributed by atoms with Gasteiger partial charge in [0.05, 0.1) is 0 Å². The molecular weight excluding hydrogens is 763 g/mol. The van der Waals surface area contributed by atoms with Crippen molar-refractivity contribution >= 4 is 3.21 Å². The smallest absolute Gasteiger partial charge is 0.109 e. The third-order valence-corrected chi connectivity index (χ3v) is 10.6. The number of unbranched alkanes of at least 4 members (excludes halogenated alkanes) is 1. The number of hydrogen-bond acceptors (Lipinski definition) is 0. The summed E-state index contributed by atoms with van der Waals surface area (Å²) in [7, 11) is 0. The third kappa shape index (κ3) is 12.2. The maximum atomic E-state index is 3.88. The zero-order chi connectivity index (χ0) is 36.4. The zero-order valence-electron chi connectivity index (χ0n) is 32.6. The van der Waals surface area contributed by atoms with E-state index in [0.717, 1.165) is 12.8 Å². The Bertz CT molecular complexity index is 1840. The van der Waals surface area contributed by atoms with Crippen LogP contribution in [0, 0.1) is 12.1 Å². The number of benzene rings is 5. The molecule has 0 saturated heterocycles. The van der Waals surface area contributed by atoms with E-state index in [1.54, 1.807) is 27.4 Å². The van der Waals surface area contributed by atoms with Gasteiger partial charge in [0.1, 0.15) is 0 Å². The van der Waals surface area contributed by atoms with Gasteiger partial charge in [-0.05, 0) is 39.5 Å². The number of rotatable bonds is 7. The minimum atomic E-state index is 0. The predicted molar refractivity (Wildman–Crippen MR) is 218 cm³/mol.